The second-order valence-corrected chi connectivity index (χ2v) is 4.67. The van der Waals surface area contributed by atoms with Crippen molar-refractivity contribution >= 4 is 23.5 Å². The van der Waals surface area contributed by atoms with E-state index in [-0.39, 0.29) is 16.8 Å². The highest BCUT2D eigenvalue weighted by Gasteiger charge is 2.15. The highest BCUT2D eigenvalue weighted by molar-refractivity contribution is 6.02. The molecule has 0 radical (unpaired) electrons. The third kappa shape index (κ3) is 4.39. The molecule has 1 N–H and O–H groups in total. The number of carbonyl (C=O) groups is 3. The lowest BCUT2D eigenvalue weighted by molar-refractivity contribution is -0.119. The summed E-state index contributed by atoms with van der Waals surface area (Å²) in [6.07, 6.45) is 0. The normalized spacial score (nSPS) is 9.92. The Hall–Kier alpha value is -3.22. The molecule has 0 fully saturated rings. The first-order chi connectivity index (χ1) is 11.5. The Morgan fingerprint density at radius 1 is 1.04 bits per heavy atom. The van der Waals surface area contributed by atoms with Gasteiger partial charge in [0.05, 0.1) is 23.9 Å². The zero-order chi connectivity index (χ0) is 17.5. The molecule has 0 heterocycles. The zero-order valence-electron chi connectivity index (χ0n) is 12.7. The Kier molecular flexibility index (Phi) is 5.62. The molecule has 2 aromatic carbocycles. The summed E-state index contributed by atoms with van der Waals surface area (Å²) in [6.45, 7) is -0.579. The molecular formula is C17H14FNO5. The lowest BCUT2D eigenvalue weighted by Crippen LogP contribution is -2.22. The maximum atomic E-state index is 13.0. The van der Waals surface area contributed by atoms with Crippen molar-refractivity contribution in [3.05, 3.63) is 65.5 Å². The van der Waals surface area contributed by atoms with Gasteiger partial charge in [-0.1, -0.05) is 18.2 Å². The molecule has 6 nitrogen and oxygen atoms in total. The van der Waals surface area contributed by atoms with E-state index in [1.807, 2.05) is 0 Å². The highest BCUT2D eigenvalue weighted by Crippen LogP contribution is 2.16. The van der Waals surface area contributed by atoms with Crippen LogP contribution in [0, 0.1) is 5.82 Å². The first kappa shape index (κ1) is 17.1. The lowest BCUT2D eigenvalue weighted by Gasteiger charge is -2.10. The second kappa shape index (κ2) is 7.87. The molecule has 0 saturated heterocycles. The van der Waals surface area contributed by atoms with Gasteiger partial charge in [-0.2, -0.15) is 0 Å². The molecule has 7 heteroatoms. The summed E-state index contributed by atoms with van der Waals surface area (Å²) in [5.74, 6) is -2.66. The number of halogens is 1. The first-order valence-corrected chi connectivity index (χ1v) is 6.91. The number of para-hydroxylation sites is 1. The third-order valence-corrected chi connectivity index (χ3v) is 3.00. The van der Waals surface area contributed by atoms with Crippen molar-refractivity contribution in [3.8, 4) is 0 Å². The van der Waals surface area contributed by atoms with Crippen molar-refractivity contribution in [2.75, 3.05) is 19.0 Å². The van der Waals surface area contributed by atoms with Crippen molar-refractivity contribution in [3.63, 3.8) is 0 Å². The van der Waals surface area contributed by atoms with Gasteiger partial charge in [0.2, 0.25) is 0 Å². The zero-order valence-corrected chi connectivity index (χ0v) is 12.7. The van der Waals surface area contributed by atoms with Gasteiger partial charge in [0.15, 0.2) is 6.61 Å². The minimum absolute atomic E-state index is 0.00207. The number of nitrogens with one attached hydrogen (secondary N) is 1. The number of esters is 2. The van der Waals surface area contributed by atoms with Gasteiger partial charge in [0, 0.05) is 0 Å². The van der Waals surface area contributed by atoms with Crippen LogP contribution in [0.15, 0.2) is 48.5 Å². The van der Waals surface area contributed by atoms with Crippen LogP contribution in [-0.2, 0) is 14.3 Å². The molecule has 0 spiro atoms. The molecule has 0 aromatic heterocycles. The van der Waals surface area contributed by atoms with Gasteiger partial charge in [-0.15, -0.1) is 0 Å². The van der Waals surface area contributed by atoms with E-state index < -0.39 is 30.3 Å². The van der Waals surface area contributed by atoms with E-state index in [2.05, 4.69) is 10.1 Å². The average molecular weight is 331 g/mol. The van der Waals surface area contributed by atoms with Gasteiger partial charge >= 0.3 is 11.9 Å². The number of rotatable bonds is 5. The van der Waals surface area contributed by atoms with Crippen molar-refractivity contribution in [1.29, 1.82) is 0 Å². The van der Waals surface area contributed by atoms with Gasteiger partial charge < -0.3 is 14.8 Å². The van der Waals surface area contributed by atoms with Gasteiger partial charge in [-0.3, -0.25) is 4.79 Å². The standard InChI is InChI=1S/C17H14FNO5/c1-23-17(22)13-7-2-3-8-14(13)19-15(20)10-24-16(21)11-5-4-6-12(18)9-11/h2-9H,10H2,1H3,(H,19,20). The van der Waals surface area contributed by atoms with Crippen LogP contribution in [0.2, 0.25) is 0 Å². The van der Waals surface area contributed by atoms with Crippen LogP contribution >= 0.6 is 0 Å². The van der Waals surface area contributed by atoms with E-state index in [9.17, 15) is 18.8 Å². The molecule has 0 bridgehead atoms. The quantitative estimate of drug-likeness (QED) is 0.851. The molecule has 0 saturated carbocycles. The number of hydrogen-bond donors (Lipinski definition) is 1. The van der Waals surface area contributed by atoms with Gasteiger partial charge in [-0.05, 0) is 30.3 Å². The fourth-order valence-corrected chi connectivity index (χ4v) is 1.90. The molecule has 124 valence electrons. The highest BCUT2D eigenvalue weighted by atomic mass is 19.1. The second-order valence-electron chi connectivity index (χ2n) is 4.67. The number of ether oxygens (including phenoxy) is 2. The molecule has 0 unspecified atom stereocenters. The summed E-state index contributed by atoms with van der Waals surface area (Å²) in [4.78, 5) is 35.2. The van der Waals surface area contributed by atoms with E-state index in [4.69, 9.17) is 4.74 Å². The van der Waals surface area contributed by atoms with Crippen LogP contribution in [0.1, 0.15) is 20.7 Å². The summed E-state index contributed by atoms with van der Waals surface area (Å²) < 4.78 is 22.5. The molecule has 0 aliphatic heterocycles. The number of benzene rings is 2. The Morgan fingerprint density at radius 2 is 1.79 bits per heavy atom. The Balaban J connectivity index is 1.97. The van der Waals surface area contributed by atoms with Crippen LogP contribution in [0.4, 0.5) is 10.1 Å². The average Bonchev–Trinajstić information content (AvgIpc) is 2.59. The fraction of sp³-hybridized carbons (Fsp3) is 0.118. The number of anilines is 1. The van der Waals surface area contributed by atoms with Crippen molar-refractivity contribution < 1.29 is 28.2 Å². The SMILES string of the molecule is COC(=O)c1ccccc1NC(=O)COC(=O)c1cccc(F)c1. The summed E-state index contributed by atoms with van der Waals surface area (Å²) in [5.41, 5.74) is 0.402. The van der Waals surface area contributed by atoms with Crippen LogP contribution in [0.3, 0.4) is 0 Å². The number of carbonyl (C=O) groups excluding carboxylic acids is 3. The Bertz CT molecular complexity index is 775. The smallest absolute Gasteiger partial charge is 0.339 e. The van der Waals surface area contributed by atoms with E-state index >= 15 is 0 Å². The van der Waals surface area contributed by atoms with Gasteiger partial charge in [0.25, 0.3) is 5.91 Å². The summed E-state index contributed by atoms with van der Waals surface area (Å²) in [5, 5.41) is 2.45. The van der Waals surface area contributed by atoms with Crippen LogP contribution in [0.5, 0.6) is 0 Å². The number of amides is 1. The number of hydrogen-bond acceptors (Lipinski definition) is 5. The van der Waals surface area contributed by atoms with E-state index in [0.29, 0.717) is 0 Å². The van der Waals surface area contributed by atoms with Crippen molar-refractivity contribution in [2.24, 2.45) is 0 Å². The van der Waals surface area contributed by atoms with E-state index in [0.717, 1.165) is 6.07 Å². The molecule has 0 atom stereocenters. The molecule has 0 aliphatic rings. The van der Waals surface area contributed by atoms with Gasteiger partial charge in [0.1, 0.15) is 5.82 Å². The Morgan fingerprint density at radius 3 is 2.50 bits per heavy atom. The molecule has 1 amide bonds. The third-order valence-electron chi connectivity index (χ3n) is 3.00. The summed E-state index contributed by atoms with van der Waals surface area (Å²) in [7, 11) is 1.22. The maximum Gasteiger partial charge on any atom is 0.339 e. The van der Waals surface area contributed by atoms with Crippen molar-refractivity contribution in [1.82, 2.24) is 0 Å². The largest absolute Gasteiger partial charge is 0.465 e. The van der Waals surface area contributed by atoms with Crippen LogP contribution < -0.4 is 5.32 Å². The van der Waals surface area contributed by atoms with E-state index in [1.165, 1.54) is 37.4 Å². The minimum Gasteiger partial charge on any atom is -0.465 e. The number of methoxy groups -OCH3 is 1. The molecule has 24 heavy (non-hydrogen) atoms. The Labute approximate surface area is 137 Å². The molecular weight excluding hydrogens is 317 g/mol. The minimum atomic E-state index is -0.828. The van der Waals surface area contributed by atoms with Crippen LogP contribution in [0.25, 0.3) is 0 Å². The molecule has 0 aliphatic carbocycles. The lowest BCUT2D eigenvalue weighted by atomic mass is 10.2. The fourth-order valence-electron chi connectivity index (χ4n) is 1.90. The van der Waals surface area contributed by atoms with Crippen molar-refractivity contribution in [2.45, 2.75) is 0 Å². The summed E-state index contributed by atoms with van der Waals surface area (Å²) >= 11 is 0. The molecule has 2 aromatic rings. The predicted octanol–water partition coefficient (Wildman–Crippen LogP) is 2.41. The van der Waals surface area contributed by atoms with Gasteiger partial charge in [-0.25, -0.2) is 14.0 Å². The maximum absolute atomic E-state index is 13.0. The van der Waals surface area contributed by atoms with E-state index in [1.54, 1.807) is 12.1 Å². The topological polar surface area (TPSA) is 81.7 Å². The summed E-state index contributed by atoms with van der Waals surface area (Å²) in [6, 6.07) is 11.2. The molecule has 2 rings (SSSR count). The van der Waals surface area contributed by atoms with Crippen LogP contribution in [-0.4, -0.2) is 31.6 Å². The predicted molar refractivity (Wildman–Crippen MR) is 83.1 cm³/mol. The first-order valence-electron chi connectivity index (χ1n) is 6.91. The monoisotopic (exact) mass is 331 g/mol.